The number of aryl methyl sites for hydroxylation is 1. The maximum absolute atomic E-state index is 11.6. The fourth-order valence-corrected chi connectivity index (χ4v) is 1.35. The maximum atomic E-state index is 11.6. The highest BCUT2D eigenvalue weighted by Gasteiger charge is 2.27. The fraction of sp³-hybridized carbons (Fsp3) is 0.286. The number of carboxylic acid groups (broad SMARTS) is 1. The van der Waals surface area contributed by atoms with Crippen molar-refractivity contribution in [2.75, 3.05) is 0 Å². The summed E-state index contributed by atoms with van der Waals surface area (Å²) < 4.78 is 0. The number of hydrogen-bond donors (Lipinski definition) is 2. The molecule has 0 aliphatic heterocycles. The summed E-state index contributed by atoms with van der Waals surface area (Å²) in [4.78, 5) is 22.4. The number of carboxylic acids is 1. The van der Waals surface area contributed by atoms with E-state index in [1.807, 2.05) is 31.2 Å². The largest absolute Gasteiger partial charge is 0.480 e. The highest BCUT2D eigenvalue weighted by molar-refractivity contribution is 5.95. The van der Waals surface area contributed by atoms with Crippen LogP contribution >= 0.6 is 0 Å². The van der Waals surface area contributed by atoms with Crippen molar-refractivity contribution in [2.24, 2.45) is 0 Å². The summed E-state index contributed by atoms with van der Waals surface area (Å²) in [5.41, 5.74) is 0.732. The van der Waals surface area contributed by atoms with Crippen LogP contribution < -0.4 is 5.32 Å². The average molecular weight is 247 g/mol. The molecule has 2 N–H and O–H groups in total. The second-order valence-corrected chi connectivity index (χ2v) is 4.67. The van der Waals surface area contributed by atoms with Crippen molar-refractivity contribution in [1.82, 2.24) is 5.32 Å². The molecule has 4 nitrogen and oxygen atoms in total. The second kappa shape index (κ2) is 5.49. The Hall–Kier alpha value is -2.10. The number of carbonyl (C=O) groups excluding carboxylic acids is 1. The van der Waals surface area contributed by atoms with E-state index in [2.05, 4.69) is 5.32 Å². The summed E-state index contributed by atoms with van der Waals surface area (Å²) >= 11 is 0. The van der Waals surface area contributed by atoms with Crippen LogP contribution in [0.3, 0.4) is 0 Å². The molecular formula is C14H17NO3. The summed E-state index contributed by atoms with van der Waals surface area (Å²) in [7, 11) is 0. The van der Waals surface area contributed by atoms with Gasteiger partial charge in [-0.25, -0.2) is 4.79 Å². The molecule has 0 aliphatic rings. The number of rotatable bonds is 4. The third kappa shape index (κ3) is 4.05. The molecule has 4 heteroatoms. The number of benzene rings is 1. The lowest BCUT2D eigenvalue weighted by atomic mass is 10.1. The molecule has 1 rings (SSSR count). The van der Waals surface area contributed by atoms with Crippen LogP contribution in [-0.4, -0.2) is 22.5 Å². The predicted octanol–water partition coefficient (Wildman–Crippen LogP) is 1.99. The molecule has 1 aromatic rings. The lowest BCUT2D eigenvalue weighted by molar-refractivity contribution is -0.145. The summed E-state index contributed by atoms with van der Waals surface area (Å²) in [6.07, 6.45) is 2.99. The van der Waals surface area contributed by atoms with E-state index in [4.69, 9.17) is 5.11 Å². The van der Waals surface area contributed by atoms with E-state index >= 15 is 0 Å². The predicted molar refractivity (Wildman–Crippen MR) is 70.1 cm³/mol. The summed E-state index contributed by atoms with van der Waals surface area (Å²) in [5.74, 6) is -1.50. The van der Waals surface area contributed by atoms with Gasteiger partial charge >= 0.3 is 5.97 Å². The molecule has 0 heterocycles. The minimum absolute atomic E-state index is 0.427. The fourth-order valence-electron chi connectivity index (χ4n) is 1.35. The molecule has 0 aliphatic carbocycles. The molecule has 96 valence electrons. The van der Waals surface area contributed by atoms with Crippen molar-refractivity contribution in [1.29, 1.82) is 0 Å². The Morgan fingerprint density at radius 1 is 1.33 bits per heavy atom. The van der Waals surface area contributed by atoms with E-state index in [-0.39, 0.29) is 0 Å². The van der Waals surface area contributed by atoms with Gasteiger partial charge in [-0.15, -0.1) is 0 Å². The molecule has 0 unspecified atom stereocenters. The number of aliphatic carboxylic acids is 1. The first-order chi connectivity index (χ1) is 8.31. The van der Waals surface area contributed by atoms with Gasteiger partial charge in [-0.1, -0.05) is 29.8 Å². The normalized spacial score (nSPS) is 11.5. The van der Waals surface area contributed by atoms with Crippen LogP contribution in [0.25, 0.3) is 6.08 Å². The Morgan fingerprint density at radius 3 is 2.56 bits per heavy atom. The van der Waals surface area contributed by atoms with Crippen molar-refractivity contribution < 1.29 is 14.7 Å². The first kappa shape index (κ1) is 14.0. The zero-order valence-electron chi connectivity index (χ0n) is 10.7. The monoisotopic (exact) mass is 247 g/mol. The topological polar surface area (TPSA) is 66.4 Å². The van der Waals surface area contributed by atoms with Crippen LogP contribution in [0.2, 0.25) is 0 Å². The highest BCUT2D eigenvalue weighted by Crippen LogP contribution is 2.06. The maximum Gasteiger partial charge on any atom is 0.328 e. The van der Waals surface area contributed by atoms with Gasteiger partial charge in [0.25, 0.3) is 0 Å². The molecule has 0 fully saturated rings. The van der Waals surface area contributed by atoms with E-state index in [1.165, 1.54) is 19.9 Å². The standard InChI is InChI=1S/C14H17NO3/c1-10-5-4-6-11(9-10)7-8-12(16)15-14(2,3)13(17)18/h4-9H,1-3H3,(H,15,16)(H,17,18). The molecule has 0 radical (unpaired) electrons. The Kier molecular flexibility index (Phi) is 4.26. The lowest BCUT2D eigenvalue weighted by Crippen LogP contribution is -2.49. The minimum Gasteiger partial charge on any atom is -0.480 e. The molecule has 0 atom stereocenters. The Bertz CT molecular complexity index is 490. The van der Waals surface area contributed by atoms with Crippen molar-refractivity contribution in [2.45, 2.75) is 26.3 Å². The molecule has 0 spiro atoms. The van der Waals surface area contributed by atoms with Crippen molar-refractivity contribution in [3.05, 3.63) is 41.5 Å². The number of hydrogen-bond acceptors (Lipinski definition) is 2. The molecule has 1 amide bonds. The quantitative estimate of drug-likeness (QED) is 0.799. The van der Waals surface area contributed by atoms with Gasteiger partial charge in [-0.2, -0.15) is 0 Å². The number of carbonyl (C=O) groups is 2. The third-order valence-corrected chi connectivity index (χ3v) is 2.44. The Labute approximate surface area is 106 Å². The van der Waals surface area contributed by atoms with E-state index in [0.717, 1.165) is 11.1 Å². The summed E-state index contributed by atoms with van der Waals surface area (Å²) in [6, 6.07) is 7.67. The smallest absolute Gasteiger partial charge is 0.328 e. The molecule has 0 aromatic heterocycles. The van der Waals surface area contributed by atoms with Gasteiger partial charge in [0.15, 0.2) is 0 Å². The molecule has 1 aromatic carbocycles. The van der Waals surface area contributed by atoms with Gasteiger partial charge in [0.2, 0.25) is 5.91 Å². The van der Waals surface area contributed by atoms with Crippen LogP contribution in [-0.2, 0) is 9.59 Å². The van der Waals surface area contributed by atoms with Gasteiger partial charge in [0.05, 0.1) is 0 Å². The van der Waals surface area contributed by atoms with E-state index < -0.39 is 17.4 Å². The SMILES string of the molecule is Cc1cccc(C=CC(=O)NC(C)(C)C(=O)O)c1. The summed E-state index contributed by atoms with van der Waals surface area (Å²) in [5, 5.41) is 11.3. The molecule has 18 heavy (non-hydrogen) atoms. The van der Waals surface area contributed by atoms with E-state index in [9.17, 15) is 9.59 Å². The van der Waals surface area contributed by atoms with Crippen LogP contribution in [0.15, 0.2) is 30.3 Å². The third-order valence-electron chi connectivity index (χ3n) is 2.44. The van der Waals surface area contributed by atoms with Gasteiger partial charge in [0.1, 0.15) is 5.54 Å². The van der Waals surface area contributed by atoms with E-state index in [1.54, 1.807) is 6.08 Å². The van der Waals surface area contributed by atoms with Gasteiger partial charge in [0, 0.05) is 6.08 Å². The highest BCUT2D eigenvalue weighted by atomic mass is 16.4. The van der Waals surface area contributed by atoms with Crippen molar-refractivity contribution >= 4 is 18.0 Å². The van der Waals surface area contributed by atoms with Crippen molar-refractivity contribution in [3.63, 3.8) is 0 Å². The molecular weight excluding hydrogens is 230 g/mol. The second-order valence-electron chi connectivity index (χ2n) is 4.67. The van der Waals surface area contributed by atoms with Crippen LogP contribution in [0.4, 0.5) is 0 Å². The Morgan fingerprint density at radius 2 is 2.00 bits per heavy atom. The minimum atomic E-state index is -1.27. The molecule has 0 bridgehead atoms. The van der Waals surface area contributed by atoms with Crippen molar-refractivity contribution in [3.8, 4) is 0 Å². The number of amides is 1. The first-order valence-corrected chi connectivity index (χ1v) is 5.61. The van der Waals surface area contributed by atoms with Crippen LogP contribution in [0, 0.1) is 6.92 Å². The van der Waals surface area contributed by atoms with Crippen LogP contribution in [0.1, 0.15) is 25.0 Å². The molecule has 0 saturated heterocycles. The van der Waals surface area contributed by atoms with Gasteiger partial charge in [-0.3, -0.25) is 4.79 Å². The Balaban J connectivity index is 2.68. The molecule has 0 saturated carbocycles. The van der Waals surface area contributed by atoms with E-state index in [0.29, 0.717) is 0 Å². The average Bonchev–Trinajstić information content (AvgIpc) is 2.25. The first-order valence-electron chi connectivity index (χ1n) is 5.61. The zero-order chi connectivity index (χ0) is 13.8. The summed E-state index contributed by atoms with van der Waals surface area (Å²) in [6.45, 7) is 4.84. The van der Waals surface area contributed by atoms with Gasteiger partial charge < -0.3 is 10.4 Å². The van der Waals surface area contributed by atoms with Crippen LogP contribution in [0.5, 0.6) is 0 Å². The number of nitrogens with one attached hydrogen (secondary N) is 1. The van der Waals surface area contributed by atoms with Gasteiger partial charge in [-0.05, 0) is 32.4 Å². The lowest BCUT2D eigenvalue weighted by Gasteiger charge is -2.19. The zero-order valence-corrected chi connectivity index (χ0v) is 10.7.